The first-order valence-corrected chi connectivity index (χ1v) is 7.88. The van der Waals surface area contributed by atoms with E-state index in [1.54, 1.807) is 18.3 Å². The molecule has 3 rings (SSSR count). The number of carbonyl (C=O) groups is 1. The summed E-state index contributed by atoms with van der Waals surface area (Å²) >= 11 is 1.11. The Labute approximate surface area is 141 Å². The van der Waals surface area contributed by atoms with Crippen molar-refractivity contribution in [3.63, 3.8) is 0 Å². The molecular formula is C17H11FN4OS. The Morgan fingerprint density at radius 1 is 1.29 bits per heavy atom. The monoisotopic (exact) mass is 338 g/mol. The summed E-state index contributed by atoms with van der Waals surface area (Å²) in [6.07, 6.45) is 2.18. The number of rotatable bonds is 4. The smallest absolute Gasteiger partial charge is 0.276 e. The molecule has 0 saturated carbocycles. The Morgan fingerprint density at radius 3 is 2.83 bits per heavy atom. The van der Waals surface area contributed by atoms with Crippen LogP contribution in [-0.2, 0) is 6.42 Å². The number of nitrogens with zero attached hydrogens (tertiary/aromatic N) is 3. The van der Waals surface area contributed by atoms with Crippen molar-refractivity contribution in [1.29, 1.82) is 5.26 Å². The van der Waals surface area contributed by atoms with Crippen molar-refractivity contribution in [2.45, 2.75) is 6.42 Å². The zero-order valence-electron chi connectivity index (χ0n) is 12.4. The van der Waals surface area contributed by atoms with Crippen molar-refractivity contribution in [2.24, 2.45) is 0 Å². The largest absolute Gasteiger partial charge is 0.305 e. The maximum absolute atomic E-state index is 13.2. The van der Waals surface area contributed by atoms with Crippen molar-refractivity contribution in [3.05, 3.63) is 75.6 Å². The molecule has 0 bridgehead atoms. The number of hydrogen-bond acceptors (Lipinski definition) is 5. The van der Waals surface area contributed by atoms with Crippen LogP contribution in [0.5, 0.6) is 0 Å². The van der Waals surface area contributed by atoms with Gasteiger partial charge in [0.05, 0.1) is 0 Å². The summed E-state index contributed by atoms with van der Waals surface area (Å²) in [6.45, 7) is 0. The second kappa shape index (κ2) is 6.98. The first-order chi connectivity index (χ1) is 11.6. The summed E-state index contributed by atoms with van der Waals surface area (Å²) in [5.41, 5.74) is 1.93. The van der Waals surface area contributed by atoms with Gasteiger partial charge in [0, 0.05) is 11.6 Å². The predicted molar refractivity (Wildman–Crippen MR) is 88.2 cm³/mol. The van der Waals surface area contributed by atoms with Crippen LogP contribution in [0.2, 0.25) is 0 Å². The summed E-state index contributed by atoms with van der Waals surface area (Å²) in [6, 6.07) is 11.8. The van der Waals surface area contributed by atoms with Crippen molar-refractivity contribution in [2.75, 3.05) is 5.32 Å². The number of pyridine rings is 1. The lowest BCUT2D eigenvalue weighted by atomic mass is 10.1. The third-order valence-electron chi connectivity index (χ3n) is 3.20. The zero-order chi connectivity index (χ0) is 16.9. The average molecular weight is 338 g/mol. The van der Waals surface area contributed by atoms with Gasteiger partial charge in [-0.05, 0) is 35.7 Å². The van der Waals surface area contributed by atoms with Gasteiger partial charge < -0.3 is 5.32 Å². The molecule has 0 radical (unpaired) electrons. The van der Waals surface area contributed by atoms with Gasteiger partial charge in [0.25, 0.3) is 5.91 Å². The van der Waals surface area contributed by atoms with Gasteiger partial charge in [0.15, 0.2) is 5.01 Å². The molecule has 24 heavy (non-hydrogen) atoms. The summed E-state index contributed by atoms with van der Waals surface area (Å²) in [7, 11) is 0. The van der Waals surface area contributed by atoms with Crippen LogP contribution in [-0.4, -0.2) is 15.9 Å². The molecule has 0 unspecified atom stereocenters. The topological polar surface area (TPSA) is 78.7 Å². The molecule has 7 heteroatoms. The highest BCUT2D eigenvalue weighted by molar-refractivity contribution is 7.10. The quantitative estimate of drug-likeness (QED) is 0.791. The Kier molecular flexibility index (Phi) is 4.59. The number of halogens is 1. The van der Waals surface area contributed by atoms with Crippen LogP contribution in [0.15, 0.2) is 48.0 Å². The first-order valence-electron chi connectivity index (χ1n) is 7.00. The molecule has 0 fully saturated rings. The Bertz CT molecular complexity index is 915. The number of thiazole rings is 1. The summed E-state index contributed by atoms with van der Waals surface area (Å²) in [4.78, 5) is 20.1. The highest BCUT2D eigenvalue weighted by Gasteiger charge is 2.11. The lowest BCUT2D eigenvalue weighted by Gasteiger charge is -2.05. The Morgan fingerprint density at radius 2 is 2.17 bits per heavy atom. The van der Waals surface area contributed by atoms with E-state index < -0.39 is 5.91 Å². The minimum Gasteiger partial charge on any atom is -0.305 e. The fraction of sp³-hybridized carbons (Fsp3) is 0.0588. The molecule has 1 aromatic carbocycles. The van der Waals surface area contributed by atoms with E-state index in [2.05, 4.69) is 15.3 Å². The van der Waals surface area contributed by atoms with Crippen LogP contribution < -0.4 is 5.32 Å². The van der Waals surface area contributed by atoms with Crippen LogP contribution in [0.1, 0.15) is 26.6 Å². The number of nitriles is 1. The van der Waals surface area contributed by atoms with E-state index in [0.717, 1.165) is 22.5 Å². The minimum absolute atomic E-state index is 0.183. The first kappa shape index (κ1) is 15.8. The number of amides is 1. The summed E-state index contributed by atoms with van der Waals surface area (Å²) < 4.78 is 13.2. The third kappa shape index (κ3) is 3.80. The molecule has 0 aliphatic heterocycles. The van der Waals surface area contributed by atoms with Gasteiger partial charge >= 0.3 is 0 Å². The maximum atomic E-state index is 13.2. The number of anilines is 1. The van der Waals surface area contributed by atoms with Gasteiger partial charge in [-0.1, -0.05) is 18.2 Å². The molecular weight excluding hydrogens is 327 g/mol. The lowest BCUT2D eigenvalue weighted by molar-refractivity contribution is 0.102. The molecule has 0 atom stereocenters. The van der Waals surface area contributed by atoms with Crippen LogP contribution in [0, 0.1) is 17.1 Å². The van der Waals surface area contributed by atoms with Crippen LogP contribution in [0.3, 0.4) is 0 Å². The Balaban J connectivity index is 1.66. The molecule has 2 aromatic heterocycles. The van der Waals surface area contributed by atoms with E-state index in [0.29, 0.717) is 12.2 Å². The Hall–Kier alpha value is -3.11. The number of carbonyl (C=O) groups excluding carboxylic acids is 1. The maximum Gasteiger partial charge on any atom is 0.276 e. The average Bonchev–Trinajstić information content (AvgIpc) is 3.06. The van der Waals surface area contributed by atoms with Crippen molar-refractivity contribution in [1.82, 2.24) is 9.97 Å². The van der Waals surface area contributed by atoms with E-state index in [9.17, 15) is 9.18 Å². The molecule has 1 N–H and O–H groups in total. The highest BCUT2D eigenvalue weighted by Crippen LogP contribution is 2.14. The van der Waals surface area contributed by atoms with Crippen LogP contribution in [0.4, 0.5) is 10.2 Å². The fourth-order valence-corrected chi connectivity index (χ4v) is 2.68. The molecule has 5 nitrogen and oxygen atoms in total. The number of benzene rings is 1. The van der Waals surface area contributed by atoms with E-state index in [4.69, 9.17) is 5.26 Å². The fourth-order valence-electron chi connectivity index (χ4n) is 2.10. The van der Waals surface area contributed by atoms with Crippen molar-refractivity contribution in [3.8, 4) is 6.07 Å². The SMILES string of the molecule is N#Cc1nc(C(=O)Nc2ccc(Cc3cccc(F)c3)cn2)cs1. The van der Waals surface area contributed by atoms with Gasteiger partial charge in [-0.25, -0.2) is 14.4 Å². The second-order valence-corrected chi connectivity index (χ2v) is 5.82. The standard InChI is InChI=1S/C17H11FN4OS/c18-13-3-1-2-11(7-13)6-12-4-5-15(20-9-12)22-17(23)14-10-24-16(8-19)21-14/h1-5,7,9-10H,6H2,(H,20,22,23). The molecule has 118 valence electrons. The van der Waals surface area contributed by atoms with Crippen molar-refractivity contribution >= 4 is 23.1 Å². The molecule has 1 amide bonds. The van der Waals surface area contributed by atoms with E-state index in [1.165, 1.54) is 17.5 Å². The van der Waals surface area contributed by atoms with Gasteiger partial charge in [-0.15, -0.1) is 11.3 Å². The summed E-state index contributed by atoms with van der Waals surface area (Å²) in [5.74, 6) is -0.308. The molecule has 3 aromatic rings. The van der Waals surface area contributed by atoms with Crippen LogP contribution in [0.25, 0.3) is 0 Å². The van der Waals surface area contributed by atoms with E-state index in [1.807, 2.05) is 18.2 Å². The zero-order valence-corrected chi connectivity index (χ0v) is 13.2. The van der Waals surface area contributed by atoms with Crippen molar-refractivity contribution < 1.29 is 9.18 Å². The molecule has 2 heterocycles. The second-order valence-electron chi connectivity index (χ2n) is 4.96. The predicted octanol–water partition coefficient (Wildman–Crippen LogP) is 3.39. The summed E-state index contributed by atoms with van der Waals surface area (Å²) in [5, 5.41) is 13.1. The molecule has 0 aliphatic rings. The number of nitrogens with one attached hydrogen (secondary N) is 1. The van der Waals surface area contributed by atoms with E-state index >= 15 is 0 Å². The van der Waals surface area contributed by atoms with Gasteiger partial charge in [0.2, 0.25) is 0 Å². The van der Waals surface area contributed by atoms with E-state index in [-0.39, 0.29) is 16.5 Å². The number of hydrogen-bond donors (Lipinski definition) is 1. The highest BCUT2D eigenvalue weighted by atomic mass is 32.1. The van der Waals surface area contributed by atoms with Gasteiger partial charge in [-0.3, -0.25) is 4.79 Å². The van der Waals surface area contributed by atoms with Crippen LogP contribution >= 0.6 is 11.3 Å². The minimum atomic E-state index is -0.418. The number of aromatic nitrogens is 2. The van der Waals surface area contributed by atoms with Gasteiger partial charge in [0.1, 0.15) is 23.4 Å². The lowest BCUT2D eigenvalue weighted by Crippen LogP contribution is -2.13. The molecule has 0 spiro atoms. The third-order valence-corrected chi connectivity index (χ3v) is 3.94. The van der Waals surface area contributed by atoms with Gasteiger partial charge in [-0.2, -0.15) is 5.26 Å². The molecule has 0 saturated heterocycles. The normalized spacial score (nSPS) is 10.2. The molecule has 0 aliphatic carbocycles.